The Bertz CT molecular complexity index is 147. The van der Waals surface area contributed by atoms with Gasteiger partial charge in [0.15, 0.2) is 0 Å². The molecule has 0 aromatic heterocycles. The molecule has 0 aromatic carbocycles. The zero-order valence-electron chi connectivity index (χ0n) is 5.96. The Kier molecular flexibility index (Phi) is 1.88. The first-order chi connectivity index (χ1) is 4.34. The van der Waals surface area contributed by atoms with Crippen LogP contribution in [0.25, 0.3) is 0 Å². The van der Waals surface area contributed by atoms with E-state index in [-0.39, 0.29) is 0 Å². The molecule has 1 aliphatic rings. The minimum atomic E-state index is 1.02. The van der Waals surface area contributed by atoms with Gasteiger partial charge in [-0.1, -0.05) is 0 Å². The Morgan fingerprint density at radius 1 is 1.78 bits per heavy atom. The van der Waals surface area contributed by atoms with Gasteiger partial charge < -0.3 is 4.90 Å². The van der Waals surface area contributed by atoms with Crippen molar-refractivity contribution in [2.24, 2.45) is 4.99 Å². The van der Waals surface area contributed by atoms with Gasteiger partial charge in [0.2, 0.25) is 0 Å². The second-order valence-electron chi connectivity index (χ2n) is 2.10. The first kappa shape index (κ1) is 6.33. The maximum absolute atomic E-state index is 4.14. The Morgan fingerprint density at radius 2 is 2.56 bits per heavy atom. The zero-order chi connectivity index (χ0) is 6.69. The minimum absolute atomic E-state index is 1.02. The fourth-order valence-electron chi connectivity index (χ4n) is 0.907. The molecule has 50 valence electrons. The van der Waals surface area contributed by atoms with Crippen molar-refractivity contribution in [1.29, 1.82) is 0 Å². The van der Waals surface area contributed by atoms with Crippen LogP contribution in [-0.2, 0) is 0 Å². The smallest absolute Gasteiger partial charge is 0.101 e. The van der Waals surface area contributed by atoms with Crippen molar-refractivity contribution in [2.45, 2.75) is 13.8 Å². The molecule has 0 aliphatic carbocycles. The normalized spacial score (nSPS) is 18.0. The van der Waals surface area contributed by atoms with Gasteiger partial charge in [-0.2, -0.15) is 0 Å². The standard InChI is InChI=1S/C7H12N2/c1-3-9-6-4-5-8-7(9)2/h4-5H,3,6H2,1-2H3. The van der Waals surface area contributed by atoms with Crippen LogP contribution >= 0.6 is 0 Å². The maximum Gasteiger partial charge on any atom is 0.101 e. The van der Waals surface area contributed by atoms with E-state index in [9.17, 15) is 0 Å². The lowest BCUT2D eigenvalue weighted by molar-refractivity contribution is 0.479. The fourth-order valence-corrected chi connectivity index (χ4v) is 0.907. The zero-order valence-corrected chi connectivity index (χ0v) is 5.96. The van der Waals surface area contributed by atoms with E-state index in [2.05, 4.69) is 22.9 Å². The van der Waals surface area contributed by atoms with Crippen molar-refractivity contribution in [3.05, 3.63) is 12.3 Å². The van der Waals surface area contributed by atoms with Gasteiger partial charge in [0.05, 0.1) is 0 Å². The number of rotatable bonds is 1. The van der Waals surface area contributed by atoms with Crippen LogP contribution in [0.15, 0.2) is 17.3 Å². The average Bonchev–Trinajstić information content (AvgIpc) is 1.89. The van der Waals surface area contributed by atoms with Gasteiger partial charge in [0.25, 0.3) is 0 Å². The Labute approximate surface area is 55.9 Å². The summed E-state index contributed by atoms with van der Waals surface area (Å²) in [5.74, 6) is 1.13. The second-order valence-corrected chi connectivity index (χ2v) is 2.10. The lowest BCUT2D eigenvalue weighted by atomic mass is 10.4. The van der Waals surface area contributed by atoms with E-state index >= 15 is 0 Å². The summed E-state index contributed by atoms with van der Waals surface area (Å²) >= 11 is 0. The van der Waals surface area contributed by atoms with Gasteiger partial charge in [0.1, 0.15) is 5.84 Å². The number of hydrogen-bond acceptors (Lipinski definition) is 2. The highest BCUT2D eigenvalue weighted by atomic mass is 15.2. The van der Waals surface area contributed by atoms with Crippen molar-refractivity contribution in [3.63, 3.8) is 0 Å². The first-order valence-corrected chi connectivity index (χ1v) is 3.29. The van der Waals surface area contributed by atoms with E-state index in [1.807, 2.05) is 13.1 Å². The molecule has 0 saturated heterocycles. The van der Waals surface area contributed by atoms with E-state index < -0.39 is 0 Å². The predicted molar refractivity (Wildman–Crippen MR) is 39.5 cm³/mol. The van der Waals surface area contributed by atoms with Gasteiger partial charge in [-0.25, -0.2) is 4.99 Å². The molecule has 0 N–H and O–H groups in total. The molecule has 0 atom stereocenters. The molecular formula is C7H12N2. The van der Waals surface area contributed by atoms with Crippen LogP contribution in [0.1, 0.15) is 13.8 Å². The number of amidine groups is 1. The highest BCUT2D eigenvalue weighted by Crippen LogP contribution is 1.97. The molecule has 2 heteroatoms. The summed E-state index contributed by atoms with van der Waals surface area (Å²) in [6.07, 6.45) is 3.93. The summed E-state index contributed by atoms with van der Waals surface area (Å²) in [4.78, 5) is 6.37. The molecule has 9 heavy (non-hydrogen) atoms. The molecule has 0 unspecified atom stereocenters. The molecule has 2 nitrogen and oxygen atoms in total. The first-order valence-electron chi connectivity index (χ1n) is 3.29. The Balaban J connectivity index is 2.59. The predicted octanol–water partition coefficient (Wildman–Crippen LogP) is 1.25. The molecule has 1 aliphatic heterocycles. The van der Waals surface area contributed by atoms with Crippen molar-refractivity contribution >= 4 is 5.84 Å². The van der Waals surface area contributed by atoms with Gasteiger partial charge >= 0.3 is 0 Å². The lowest BCUT2D eigenvalue weighted by Gasteiger charge is -2.22. The van der Waals surface area contributed by atoms with E-state index in [4.69, 9.17) is 0 Å². The van der Waals surface area contributed by atoms with Crippen LogP contribution in [0, 0.1) is 0 Å². The molecule has 0 bridgehead atoms. The minimum Gasteiger partial charge on any atom is -0.357 e. The second kappa shape index (κ2) is 2.67. The number of nitrogens with zero attached hydrogens (tertiary/aromatic N) is 2. The van der Waals surface area contributed by atoms with E-state index in [1.54, 1.807) is 0 Å². The topological polar surface area (TPSA) is 15.6 Å². The monoisotopic (exact) mass is 124 g/mol. The van der Waals surface area contributed by atoms with Crippen LogP contribution in [0.3, 0.4) is 0 Å². The van der Waals surface area contributed by atoms with Gasteiger partial charge in [0, 0.05) is 19.3 Å². The molecule has 0 aromatic rings. The van der Waals surface area contributed by atoms with E-state index in [1.165, 1.54) is 0 Å². The van der Waals surface area contributed by atoms with Gasteiger partial charge in [-0.05, 0) is 19.9 Å². The summed E-state index contributed by atoms with van der Waals surface area (Å²) in [5, 5.41) is 0. The quantitative estimate of drug-likeness (QED) is 0.513. The largest absolute Gasteiger partial charge is 0.357 e. The maximum atomic E-state index is 4.14. The Morgan fingerprint density at radius 3 is 3.00 bits per heavy atom. The van der Waals surface area contributed by atoms with Crippen LogP contribution in [-0.4, -0.2) is 23.8 Å². The Hall–Kier alpha value is -0.790. The van der Waals surface area contributed by atoms with Crippen LogP contribution in [0.5, 0.6) is 0 Å². The molecular weight excluding hydrogens is 112 g/mol. The molecule has 0 fully saturated rings. The van der Waals surface area contributed by atoms with Crippen LogP contribution in [0.4, 0.5) is 0 Å². The molecule has 0 amide bonds. The molecule has 0 spiro atoms. The number of aliphatic imine (C=N–C) groups is 1. The SMILES string of the molecule is CCN1CC=CN=C1C. The lowest BCUT2D eigenvalue weighted by Crippen LogP contribution is -2.30. The van der Waals surface area contributed by atoms with Crippen molar-refractivity contribution in [1.82, 2.24) is 4.90 Å². The average molecular weight is 124 g/mol. The third-order valence-corrected chi connectivity index (χ3v) is 1.53. The number of likely N-dealkylation sites (N-methyl/N-ethyl adjacent to an activating group) is 1. The van der Waals surface area contributed by atoms with E-state index in [0.29, 0.717) is 0 Å². The third kappa shape index (κ3) is 1.31. The summed E-state index contributed by atoms with van der Waals surface area (Å²) in [6, 6.07) is 0. The third-order valence-electron chi connectivity index (χ3n) is 1.53. The molecule has 0 saturated carbocycles. The molecule has 1 heterocycles. The summed E-state index contributed by atoms with van der Waals surface area (Å²) < 4.78 is 0. The van der Waals surface area contributed by atoms with Crippen LogP contribution in [0.2, 0.25) is 0 Å². The fraction of sp³-hybridized carbons (Fsp3) is 0.571. The summed E-state index contributed by atoms with van der Waals surface area (Å²) in [7, 11) is 0. The molecule has 0 radical (unpaired) electrons. The number of hydrogen-bond donors (Lipinski definition) is 0. The van der Waals surface area contributed by atoms with E-state index in [0.717, 1.165) is 18.9 Å². The van der Waals surface area contributed by atoms with Gasteiger partial charge in [-0.3, -0.25) is 0 Å². The van der Waals surface area contributed by atoms with Crippen molar-refractivity contribution in [3.8, 4) is 0 Å². The molecule has 1 rings (SSSR count). The van der Waals surface area contributed by atoms with Crippen molar-refractivity contribution < 1.29 is 0 Å². The summed E-state index contributed by atoms with van der Waals surface area (Å²) in [5.41, 5.74) is 0. The van der Waals surface area contributed by atoms with Crippen molar-refractivity contribution in [2.75, 3.05) is 13.1 Å². The highest BCUT2D eigenvalue weighted by molar-refractivity contribution is 5.81. The highest BCUT2D eigenvalue weighted by Gasteiger charge is 2.02. The van der Waals surface area contributed by atoms with Gasteiger partial charge in [-0.15, -0.1) is 0 Å². The van der Waals surface area contributed by atoms with Crippen LogP contribution < -0.4 is 0 Å². The summed E-state index contributed by atoms with van der Waals surface area (Å²) in [6.45, 7) is 6.25.